The molecule has 0 saturated heterocycles. The maximum Gasteiger partial charge on any atom is 0.425 e. The molecule has 0 radical (unpaired) electrons. The summed E-state index contributed by atoms with van der Waals surface area (Å²) in [4.78, 5) is 11.2. The minimum atomic E-state index is -5.10. The molecule has 0 aliphatic heterocycles. The number of nitrogens with zero attached hydrogens (tertiary/aromatic N) is 4. The first kappa shape index (κ1) is 22.5. The van der Waals surface area contributed by atoms with E-state index in [1.54, 1.807) is 0 Å². The Balaban J connectivity index is 2.07. The van der Waals surface area contributed by atoms with Crippen molar-refractivity contribution in [2.75, 3.05) is 6.61 Å². The quantitative estimate of drug-likeness (QED) is 0.554. The fourth-order valence-corrected chi connectivity index (χ4v) is 2.91. The van der Waals surface area contributed by atoms with Crippen molar-refractivity contribution in [2.24, 2.45) is 7.05 Å². The topological polar surface area (TPSA) is 82.2 Å². The predicted molar refractivity (Wildman–Crippen MR) is 94.3 cm³/mol. The van der Waals surface area contributed by atoms with Gasteiger partial charge in [-0.25, -0.2) is 14.2 Å². The lowest BCUT2D eigenvalue weighted by Gasteiger charge is -2.11. The third-order valence-corrected chi connectivity index (χ3v) is 4.30. The van der Waals surface area contributed by atoms with Crippen LogP contribution >= 0.6 is 11.6 Å². The van der Waals surface area contributed by atoms with Gasteiger partial charge in [0.15, 0.2) is 18.0 Å². The summed E-state index contributed by atoms with van der Waals surface area (Å²) in [5.41, 5.74) is -1.26. The number of hydrogen-bond donors (Lipinski definition) is 1. The zero-order valence-electron chi connectivity index (χ0n) is 15.3. The average molecular weight is 469 g/mol. The standard InChI is InChI=1S/C17H11ClF6N4O3/c1-27-14(12(17(22,23)24)13(26-27)31-7-16(19,20)21)28-6-9(5-25-28)8-2-3-11(18)10(4-8)15(29)30/h2-6H,7H2,1H3,(H,29,30). The Labute approximate surface area is 174 Å². The Hall–Kier alpha value is -3.22. The molecule has 0 aliphatic carbocycles. The fourth-order valence-electron chi connectivity index (χ4n) is 2.71. The molecule has 0 amide bonds. The minimum absolute atomic E-state index is 0.0407. The van der Waals surface area contributed by atoms with Gasteiger partial charge in [0.2, 0.25) is 5.88 Å². The van der Waals surface area contributed by atoms with E-state index in [0.29, 0.717) is 4.68 Å². The van der Waals surface area contributed by atoms with Crippen molar-refractivity contribution < 1.29 is 41.0 Å². The van der Waals surface area contributed by atoms with Gasteiger partial charge in [-0.15, -0.1) is 5.10 Å². The van der Waals surface area contributed by atoms with Gasteiger partial charge in [-0.2, -0.15) is 31.4 Å². The fraction of sp³-hybridized carbons (Fsp3) is 0.235. The summed E-state index contributed by atoms with van der Waals surface area (Å²) in [7, 11) is 1.08. The van der Waals surface area contributed by atoms with Crippen molar-refractivity contribution in [1.82, 2.24) is 19.6 Å². The van der Waals surface area contributed by atoms with Gasteiger partial charge in [-0.05, 0) is 17.7 Å². The van der Waals surface area contributed by atoms with Gasteiger partial charge in [-0.1, -0.05) is 17.7 Å². The van der Waals surface area contributed by atoms with Gasteiger partial charge < -0.3 is 9.84 Å². The van der Waals surface area contributed by atoms with E-state index >= 15 is 0 Å². The summed E-state index contributed by atoms with van der Waals surface area (Å²) in [5.74, 6) is -3.25. The summed E-state index contributed by atoms with van der Waals surface area (Å²) in [6, 6.07) is 3.94. The number of halogens is 7. The number of alkyl halides is 6. The van der Waals surface area contributed by atoms with Crippen LogP contribution in [0.25, 0.3) is 16.9 Å². The van der Waals surface area contributed by atoms with Gasteiger partial charge in [-0.3, -0.25) is 0 Å². The third-order valence-electron chi connectivity index (χ3n) is 3.97. The predicted octanol–water partition coefficient (Wildman–Crippen LogP) is 4.58. The molecule has 0 fully saturated rings. The largest absolute Gasteiger partial charge is 0.478 e. The molecule has 31 heavy (non-hydrogen) atoms. The van der Waals surface area contributed by atoms with Crippen molar-refractivity contribution in [3.63, 3.8) is 0 Å². The average Bonchev–Trinajstić information content (AvgIpc) is 3.23. The number of ether oxygens (including phenoxy) is 1. The second-order valence-electron chi connectivity index (χ2n) is 6.20. The normalized spacial score (nSPS) is 12.3. The Morgan fingerprint density at radius 2 is 1.87 bits per heavy atom. The second-order valence-corrected chi connectivity index (χ2v) is 6.61. The number of benzene rings is 1. The van der Waals surface area contributed by atoms with E-state index in [0.717, 1.165) is 24.1 Å². The third kappa shape index (κ3) is 4.76. The Morgan fingerprint density at radius 1 is 1.19 bits per heavy atom. The minimum Gasteiger partial charge on any atom is -0.478 e. The van der Waals surface area contributed by atoms with Crippen LogP contribution in [0, 0.1) is 0 Å². The highest BCUT2D eigenvalue weighted by Crippen LogP contribution is 2.40. The smallest absolute Gasteiger partial charge is 0.425 e. The second kappa shape index (κ2) is 7.80. The first-order valence-corrected chi connectivity index (χ1v) is 8.57. The van der Waals surface area contributed by atoms with Crippen LogP contribution in [0.2, 0.25) is 5.02 Å². The lowest BCUT2D eigenvalue weighted by Crippen LogP contribution is -2.21. The highest BCUT2D eigenvalue weighted by molar-refractivity contribution is 6.33. The Kier molecular flexibility index (Phi) is 5.65. The van der Waals surface area contributed by atoms with Crippen LogP contribution in [0.5, 0.6) is 5.88 Å². The maximum absolute atomic E-state index is 13.6. The van der Waals surface area contributed by atoms with Crippen LogP contribution in [0.4, 0.5) is 26.3 Å². The number of aryl methyl sites for hydroxylation is 1. The van der Waals surface area contributed by atoms with Gasteiger partial charge >= 0.3 is 18.3 Å². The van der Waals surface area contributed by atoms with Crippen molar-refractivity contribution in [3.05, 3.63) is 46.7 Å². The molecule has 0 bridgehead atoms. The number of aromatic carboxylic acids is 1. The van der Waals surface area contributed by atoms with Gasteiger partial charge in [0.05, 0.1) is 16.8 Å². The zero-order valence-corrected chi connectivity index (χ0v) is 16.0. The highest BCUT2D eigenvalue weighted by atomic mass is 35.5. The molecule has 166 valence electrons. The molecule has 1 N–H and O–H groups in total. The Morgan fingerprint density at radius 3 is 2.45 bits per heavy atom. The van der Waals surface area contributed by atoms with Gasteiger partial charge in [0, 0.05) is 18.8 Å². The van der Waals surface area contributed by atoms with Gasteiger partial charge in [0.1, 0.15) is 0 Å². The number of carboxylic acid groups (broad SMARTS) is 1. The monoisotopic (exact) mass is 468 g/mol. The molecule has 2 heterocycles. The first-order chi connectivity index (χ1) is 14.3. The maximum atomic E-state index is 13.6. The molecule has 7 nitrogen and oxygen atoms in total. The molecule has 0 atom stereocenters. The van der Waals surface area contributed by atoms with Crippen molar-refractivity contribution in [1.29, 1.82) is 0 Å². The molecular formula is C17H11ClF6N4O3. The van der Waals surface area contributed by atoms with E-state index < -0.39 is 42.2 Å². The van der Waals surface area contributed by atoms with Crippen molar-refractivity contribution in [3.8, 4) is 22.8 Å². The summed E-state index contributed by atoms with van der Waals surface area (Å²) < 4.78 is 83.7. The molecule has 1 aromatic carbocycles. The number of rotatable bonds is 5. The summed E-state index contributed by atoms with van der Waals surface area (Å²) in [6.45, 7) is -1.96. The molecule has 14 heteroatoms. The molecule has 3 aromatic rings. The molecule has 0 aliphatic rings. The lowest BCUT2D eigenvalue weighted by atomic mass is 10.1. The summed E-state index contributed by atoms with van der Waals surface area (Å²) >= 11 is 5.80. The van der Waals surface area contributed by atoms with Crippen LogP contribution in [0.1, 0.15) is 15.9 Å². The van der Waals surface area contributed by atoms with Crippen LogP contribution in [-0.4, -0.2) is 43.4 Å². The highest BCUT2D eigenvalue weighted by Gasteiger charge is 2.43. The molecule has 0 spiro atoms. The van der Waals surface area contributed by atoms with Gasteiger partial charge in [0.25, 0.3) is 0 Å². The van der Waals surface area contributed by atoms with E-state index in [2.05, 4.69) is 14.9 Å². The van der Waals surface area contributed by atoms with E-state index in [1.165, 1.54) is 18.2 Å². The van der Waals surface area contributed by atoms with Crippen LogP contribution in [0.15, 0.2) is 30.6 Å². The molecule has 0 saturated carbocycles. The van der Waals surface area contributed by atoms with E-state index in [-0.39, 0.29) is 21.7 Å². The zero-order chi connectivity index (χ0) is 23.1. The summed E-state index contributed by atoms with van der Waals surface area (Å²) in [5, 5.41) is 16.3. The number of aromatic nitrogens is 4. The number of carbonyl (C=O) groups is 1. The molecule has 0 unspecified atom stereocenters. The molecular weight excluding hydrogens is 458 g/mol. The molecule has 3 rings (SSSR count). The molecule has 2 aromatic heterocycles. The van der Waals surface area contributed by atoms with E-state index in [9.17, 15) is 31.1 Å². The van der Waals surface area contributed by atoms with Crippen LogP contribution < -0.4 is 4.74 Å². The van der Waals surface area contributed by atoms with Crippen LogP contribution in [-0.2, 0) is 13.2 Å². The number of hydrogen-bond acceptors (Lipinski definition) is 4. The summed E-state index contributed by atoms with van der Waals surface area (Å²) in [6.07, 6.45) is -7.68. The Bertz CT molecular complexity index is 1140. The SMILES string of the molecule is Cn1nc(OCC(F)(F)F)c(C(F)(F)F)c1-n1cc(-c2ccc(Cl)c(C(=O)O)c2)cn1. The van der Waals surface area contributed by atoms with Crippen molar-refractivity contribution >= 4 is 17.6 Å². The van der Waals surface area contributed by atoms with Crippen LogP contribution in [0.3, 0.4) is 0 Å². The van der Waals surface area contributed by atoms with Crippen molar-refractivity contribution in [2.45, 2.75) is 12.4 Å². The number of carboxylic acids is 1. The first-order valence-electron chi connectivity index (χ1n) is 8.20. The van der Waals surface area contributed by atoms with E-state index in [4.69, 9.17) is 16.7 Å². The van der Waals surface area contributed by atoms with E-state index in [1.807, 2.05) is 0 Å². The lowest BCUT2D eigenvalue weighted by molar-refractivity contribution is -0.159.